The molecule has 1 N–H and O–H groups in total. The van der Waals surface area contributed by atoms with E-state index in [0.717, 1.165) is 11.8 Å². The molecule has 1 fully saturated rings. The van der Waals surface area contributed by atoms with E-state index in [1.807, 2.05) is 0 Å². The van der Waals surface area contributed by atoms with Gasteiger partial charge in [-0.15, -0.1) is 0 Å². The normalized spacial score (nSPS) is 28.1. The fourth-order valence-electron chi connectivity index (χ4n) is 3.03. The lowest BCUT2D eigenvalue weighted by Crippen LogP contribution is -2.41. The third kappa shape index (κ3) is 5.21. The molecule has 0 saturated heterocycles. The van der Waals surface area contributed by atoms with Gasteiger partial charge in [0.1, 0.15) is 0 Å². The second-order valence-corrected chi connectivity index (χ2v) is 8.28. The second kappa shape index (κ2) is 7.04. The van der Waals surface area contributed by atoms with E-state index in [4.69, 9.17) is 0 Å². The highest BCUT2D eigenvalue weighted by Gasteiger charge is 2.30. The highest BCUT2D eigenvalue weighted by atomic mass is 32.2. The molecule has 3 atom stereocenters. The summed E-state index contributed by atoms with van der Waals surface area (Å²) < 4.78 is 0.394. The Hall–Kier alpha value is 0.310. The lowest BCUT2D eigenvalue weighted by molar-refractivity contribution is 0.190. The van der Waals surface area contributed by atoms with Crippen LogP contribution in [0.1, 0.15) is 59.8 Å². The molecule has 0 aromatic heterocycles. The summed E-state index contributed by atoms with van der Waals surface area (Å²) in [6.45, 7) is 9.33. The average Bonchev–Trinajstić information content (AvgIpc) is 2.29. The van der Waals surface area contributed by atoms with Crippen LogP contribution in [-0.4, -0.2) is 23.6 Å². The Morgan fingerprint density at radius 1 is 1.24 bits per heavy atom. The van der Waals surface area contributed by atoms with Crippen LogP contribution >= 0.6 is 11.8 Å². The molecule has 1 saturated carbocycles. The minimum atomic E-state index is 0.394. The highest BCUT2D eigenvalue weighted by Crippen LogP contribution is 2.36. The number of hydrogen-bond donors (Lipinski definition) is 1. The molecule has 0 amide bonds. The molecule has 17 heavy (non-hydrogen) atoms. The van der Waals surface area contributed by atoms with Crippen LogP contribution in [0.3, 0.4) is 0 Å². The largest absolute Gasteiger partial charge is 0.316 e. The molecule has 0 spiro atoms. The van der Waals surface area contributed by atoms with Gasteiger partial charge in [0.2, 0.25) is 0 Å². The van der Waals surface area contributed by atoms with Crippen LogP contribution < -0.4 is 5.32 Å². The molecular formula is C15H31NS. The molecule has 0 radical (unpaired) electrons. The van der Waals surface area contributed by atoms with Crippen molar-refractivity contribution in [3.63, 3.8) is 0 Å². The molecule has 0 aliphatic heterocycles. The quantitative estimate of drug-likeness (QED) is 0.787. The van der Waals surface area contributed by atoms with Crippen molar-refractivity contribution >= 4 is 11.8 Å². The first kappa shape index (κ1) is 15.4. The van der Waals surface area contributed by atoms with Gasteiger partial charge in [-0.25, -0.2) is 0 Å². The van der Waals surface area contributed by atoms with Crippen LogP contribution in [0.25, 0.3) is 0 Å². The Morgan fingerprint density at radius 3 is 2.41 bits per heavy atom. The molecule has 0 aromatic rings. The Bertz CT molecular complexity index is 209. The van der Waals surface area contributed by atoms with Crippen molar-refractivity contribution in [2.45, 2.75) is 70.6 Å². The van der Waals surface area contributed by atoms with Gasteiger partial charge < -0.3 is 5.32 Å². The Morgan fingerprint density at radius 2 is 1.88 bits per heavy atom. The number of thioether (sulfide) groups is 1. The van der Waals surface area contributed by atoms with Crippen molar-refractivity contribution in [2.24, 2.45) is 11.8 Å². The summed E-state index contributed by atoms with van der Waals surface area (Å²) >= 11 is 2.11. The third-order valence-corrected chi connectivity index (χ3v) is 5.47. The van der Waals surface area contributed by atoms with Gasteiger partial charge in [-0.3, -0.25) is 0 Å². The first-order chi connectivity index (χ1) is 7.98. The van der Waals surface area contributed by atoms with E-state index >= 15 is 0 Å². The SMILES string of the molecule is CCC1CCCCC1C(CSC(C)(C)C)NC. The molecule has 0 aromatic carbocycles. The van der Waals surface area contributed by atoms with E-state index in [0.29, 0.717) is 10.8 Å². The first-order valence-corrected chi connectivity index (χ1v) is 8.27. The molecule has 1 rings (SSSR count). The zero-order chi connectivity index (χ0) is 12.9. The summed E-state index contributed by atoms with van der Waals surface area (Å²) in [7, 11) is 2.15. The molecule has 1 aliphatic carbocycles. The van der Waals surface area contributed by atoms with Crippen LogP contribution in [0.4, 0.5) is 0 Å². The molecule has 2 heteroatoms. The summed E-state index contributed by atoms with van der Waals surface area (Å²) in [4.78, 5) is 0. The van der Waals surface area contributed by atoms with Crippen molar-refractivity contribution in [3.05, 3.63) is 0 Å². The van der Waals surface area contributed by atoms with Crippen molar-refractivity contribution in [2.75, 3.05) is 12.8 Å². The van der Waals surface area contributed by atoms with Gasteiger partial charge in [-0.1, -0.05) is 53.4 Å². The second-order valence-electron chi connectivity index (χ2n) is 6.44. The molecule has 0 heterocycles. The van der Waals surface area contributed by atoms with Crippen LogP contribution in [0, 0.1) is 11.8 Å². The Kier molecular flexibility index (Phi) is 6.36. The van der Waals surface area contributed by atoms with Gasteiger partial charge in [0.25, 0.3) is 0 Å². The maximum absolute atomic E-state index is 3.59. The van der Waals surface area contributed by atoms with Crippen LogP contribution in [0.5, 0.6) is 0 Å². The van der Waals surface area contributed by atoms with E-state index in [1.165, 1.54) is 37.9 Å². The van der Waals surface area contributed by atoms with Crippen molar-refractivity contribution in [3.8, 4) is 0 Å². The van der Waals surface area contributed by atoms with Gasteiger partial charge in [-0.2, -0.15) is 11.8 Å². The summed E-state index contributed by atoms with van der Waals surface area (Å²) in [6, 6.07) is 0.712. The number of nitrogens with one attached hydrogen (secondary N) is 1. The van der Waals surface area contributed by atoms with Crippen LogP contribution in [-0.2, 0) is 0 Å². The monoisotopic (exact) mass is 257 g/mol. The maximum Gasteiger partial charge on any atom is 0.0186 e. The summed E-state index contributed by atoms with van der Waals surface area (Å²) in [6.07, 6.45) is 7.16. The van der Waals surface area contributed by atoms with Gasteiger partial charge in [0, 0.05) is 16.5 Å². The standard InChI is InChI=1S/C15H31NS/c1-6-12-9-7-8-10-13(12)14(16-5)11-17-15(2,3)4/h12-14,16H,6-11H2,1-5H3. The summed E-state index contributed by atoms with van der Waals surface area (Å²) in [5.41, 5.74) is 0. The molecule has 3 unspecified atom stereocenters. The van der Waals surface area contributed by atoms with Gasteiger partial charge in [0.05, 0.1) is 0 Å². The highest BCUT2D eigenvalue weighted by molar-refractivity contribution is 8.00. The van der Waals surface area contributed by atoms with E-state index in [1.54, 1.807) is 0 Å². The smallest absolute Gasteiger partial charge is 0.0186 e. The van der Waals surface area contributed by atoms with Gasteiger partial charge in [0.15, 0.2) is 0 Å². The Labute approximate surface area is 113 Å². The molecule has 1 nitrogen and oxygen atoms in total. The lowest BCUT2D eigenvalue weighted by Gasteiger charge is -2.37. The summed E-state index contributed by atoms with van der Waals surface area (Å²) in [5.74, 6) is 3.14. The van der Waals surface area contributed by atoms with E-state index in [2.05, 4.69) is 51.8 Å². The first-order valence-electron chi connectivity index (χ1n) is 7.29. The lowest BCUT2D eigenvalue weighted by atomic mass is 9.74. The molecule has 102 valence electrons. The fourth-order valence-corrected chi connectivity index (χ4v) is 4.13. The van der Waals surface area contributed by atoms with E-state index < -0.39 is 0 Å². The molecule has 0 bridgehead atoms. The van der Waals surface area contributed by atoms with Crippen LogP contribution in [0.2, 0.25) is 0 Å². The van der Waals surface area contributed by atoms with Gasteiger partial charge in [-0.05, 0) is 25.3 Å². The van der Waals surface area contributed by atoms with Crippen molar-refractivity contribution in [1.82, 2.24) is 5.32 Å². The minimum Gasteiger partial charge on any atom is -0.316 e. The predicted octanol–water partition coefficient (Wildman–Crippen LogP) is 4.32. The van der Waals surface area contributed by atoms with Crippen LogP contribution in [0.15, 0.2) is 0 Å². The zero-order valence-electron chi connectivity index (χ0n) is 12.4. The number of rotatable bonds is 5. The van der Waals surface area contributed by atoms with Gasteiger partial charge >= 0.3 is 0 Å². The molecular weight excluding hydrogens is 226 g/mol. The fraction of sp³-hybridized carbons (Fsp3) is 1.00. The maximum atomic E-state index is 3.59. The third-order valence-electron chi connectivity index (χ3n) is 4.08. The van der Waals surface area contributed by atoms with Crippen molar-refractivity contribution in [1.29, 1.82) is 0 Å². The molecule has 1 aliphatic rings. The van der Waals surface area contributed by atoms with E-state index in [-0.39, 0.29) is 0 Å². The zero-order valence-corrected chi connectivity index (χ0v) is 13.2. The predicted molar refractivity (Wildman–Crippen MR) is 80.8 cm³/mol. The number of hydrogen-bond acceptors (Lipinski definition) is 2. The summed E-state index contributed by atoms with van der Waals surface area (Å²) in [5, 5.41) is 3.59. The Balaban J connectivity index is 2.52. The average molecular weight is 257 g/mol. The van der Waals surface area contributed by atoms with E-state index in [9.17, 15) is 0 Å². The topological polar surface area (TPSA) is 12.0 Å². The minimum absolute atomic E-state index is 0.394. The van der Waals surface area contributed by atoms with Crippen molar-refractivity contribution < 1.29 is 0 Å².